The van der Waals surface area contributed by atoms with Crippen LogP contribution in [-0.4, -0.2) is 11.2 Å². The number of rotatable bonds is 1. The standard InChI is InChI=1S/C9H12.C5H10O3/c1-8(2)9-6-4-3-5-7-9;1-5(2,3)4(6)8-7/h3-8H,1-2H3;7H,1-3H3. The maximum absolute atomic E-state index is 10.4. The van der Waals surface area contributed by atoms with Gasteiger partial charge in [0.2, 0.25) is 0 Å². The average Bonchev–Trinajstić information content (AvgIpc) is 2.28. The highest BCUT2D eigenvalue weighted by Gasteiger charge is 2.22. The van der Waals surface area contributed by atoms with Crippen LogP contribution in [0.25, 0.3) is 0 Å². The van der Waals surface area contributed by atoms with Crippen LogP contribution in [0, 0.1) is 5.41 Å². The van der Waals surface area contributed by atoms with Gasteiger partial charge in [-0.2, -0.15) is 5.26 Å². The van der Waals surface area contributed by atoms with Gasteiger partial charge in [0.25, 0.3) is 0 Å². The molecule has 0 saturated carbocycles. The second-order valence-corrected chi connectivity index (χ2v) is 5.19. The first-order valence-corrected chi connectivity index (χ1v) is 5.69. The molecule has 0 amide bonds. The molecule has 0 unspecified atom stereocenters. The fraction of sp³-hybridized carbons (Fsp3) is 0.500. The Labute approximate surface area is 103 Å². The Morgan fingerprint density at radius 3 is 1.82 bits per heavy atom. The van der Waals surface area contributed by atoms with Crippen molar-refractivity contribution in [3.05, 3.63) is 35.9 Å². The molecular formula is C14H22O3. The molecule has 1 aromatic rings. The summed E-state index contributed by atoms with van der Waals surface area (Å²) in [5.74, 6) is 0.0451. The van der Waals surface area contributed by atoms with Gasteiger partial charge in [-0.05, 0) is 32.3 Å². The molecule has 3 heteroatoms. The molecule has 0 aliphatic rings. The lowest BCUT2D eigenvalue weighted by Crippen LogP contribution is -2.21. The number of carbonyl (C=O) groups is 1. The van der Waals surface area contributed by atoms with Gasteiger partial charge in [-0.3, -0.25) is 0 Å². The summed E-state index contributed by atoms with van der Waals surface area (Å²) in [6, 6.07) is 10.5. The van der Waals surface area contributed by atoms with E-state index in [1.807, 2.05) is 6.07 Å². The number of hydrogen-bond acceptors (Lipinski definition) is 3. The fourth-order valence-electron chi connectivity index (χ4n) is 0.975. The van der Waals surface area contributed by atoms with Crippen molar-refractivity contribution in [2.75, 3.05) is 0 Å². The van der Waals surface area contributed by atoms with Gasteiger partial charge in [-0.1, -0.05) is 44.2 Å². The minimum absolute atomic E-state index is 0.602. The summed E-state index contributed by atoms with van der Waals surface area (Å²) in [7, 11) is 0. The van der Waals surface area contributed by atoms with Crippen LogP contribution in [0.15, 0.2) is 30.3 Å². The molecule has 0 heterocycles. The van der Waals surface area contributed by atoms with Gasteiger partial charge in [-0.15, -0.1) is 0 Å². The van der Waals surface area contributed by atoms with Crippen LogP contribution < -0.4 is 0 Å². The van der Waals surface area contributed by atoms with E-state index in [2.05, 4.69) is 43.0 Å². The first kappa shape index (κ1) is 15.7. The van der Waals surface area contributed by atoms with E-state index in [1.54, 1.807) is 20.8 Å². The van der Waals surface area contributed by atoms with Crippen LogP contribution >= 0.6 is 0 Å². The lowest BCUT2D eigenvalue weighted by atomic mass is 9.98. The van der Waals surface area contributed by atoms with Gasteiger partial charge in [0.05, 0.1) is 5.41 Å². The molecular weight excluding hydrogens is 216 g/mol. The molecule has 0 bridgehead atoms. The smallest absolute Gasteiger partial charge is 0.300 e. The Kier molecular flexibility index (Phi) is 6.51. The van der Waals surface area contributed by atoms with Crippen molar-refractivity contribution in [2.24, 2.45) is 5.41 Å². The summed E-state index contributed by atoms with van der Waals surface area (Å²) in [5.41, 5.74) is 0.812. The van der Waals surface area contributed by atoms with Crippen LogP contribution in [-0.2, 0) is 9.68 Å². The first-order valence-electron chi connectivity index (χ1n) is 5.69. The van der Waals surface area contributed by atoms with Gasteiger partial charge in [0.1, 0.15) is 0 Å². The van der Waals surface area contributed by atoms with Gasteiger partial charge in [-0.25, -0.2) is 4.79 Å². The van der Waals surface area contributed by atoms with E-state index in [-0.39, 0.29) is 0 Å². The molecule has 0 aromatic heterocycles. The zero-order valence-corrected chi connectivity index (χ0v) is 11.2. The molecule has 17 heavy (non-hydrogen) atoms. The molecule has 0 atom stereocenters. The van der Waals surface area contributed by atoms with Gasteiger partial charge < -0.3 is 4.89 Å². The summed E-state index contributed by atoms with van der Waals surface area (Å²) < 4.78 is 0. The molecule has 0 aliphatic heterocycles. The minimum Gasteiger partial charge on any atom is -0.300 e. The van der Waals surface area contributed by atoms with E-state index in [0.29, 0.717) is 5.92 Å². The maximum atomic E-state index is 10.4. The number of carbonyl (C=O) groups excluding carboxylic acids is 1. The summed E-state index contributed by atoms with van der Waals surface area (Å²) >= 11 is 0. The molecule has 0 spiro atoms. The minimum atomic E-state index is -0.613. The van der Waals surface area contributed by atoms with Crippen LogP contribution in [0.4, 0.5) is 0 Å². The zero-order chi connectivity index (χ0) is 13.5. The second kappa shape index (κ2) is 7.07. The normalized spacial score (nSPS) is 10.5. The van der Waals surface area contributed by atoms with E-state index in [0.717, 1.165) is 0 Å². The average molecular weight is 238 g/mol. The van der Waals surface area contributed by atoms with Crippen molar-refractivity contribution in [1.29, 1.82) is 0 Å². The Hall–Kier alpha value is -1.35. The van der Waals surface area contributed by atoms with E-state index in [4.69, 9.17) is 5.26 Å². The third-order valence-electron chi connectivity index (χ3n) is 2.16. The van der Waals surface area contributed by atoms with Crippen LogP contribution in [0.2, 0.25) is 0 Å². The highest BCUT2D eigenvalue weighted by Crippen LogP contribution is 2.13. The van der Waals surface area contributed by atoms with Crippen LogP contribution in [0.3, 0.4) is 0 Å². The Bertz CT molecular complexity index is 323. The van der Waals surface area contributed by atoms with Crippen molar-refractivity contribution in [2.45, 2.75) is 40.5 Å². The Morgan fingerprint density at radius 2 is 1.65 bits per heavy atom. The topological polar surface area (TPSA) is 46.5 Å². The predicted molar refractivity (Wildman–Crippen MR) is 68.7 cm³/mol. The quantitative estimate of drug-likeness (QED) is 0.597. The maximum Gasteiger partial charge on any atom is 0.347 e. The van der Waals surface area contributed by atoms with Gasteiger partial charge in [0.15, 0.2) is 0 Å². The Morgan fingerprint density at radius 1 is 1.18 bits per heavy atom. The molecule has 1 rings (SSSR count). The largest absolute Gasteiger partial charge is 0.347 e. The number of benzene rings is 1. The second-order valence-electron chi connectivity index (χ2n) is 5.19. The van der Waals surface area contributed by atoms with Crippen molar-refractivity contribution in [3.63, 3.8) is 0 Å². The lowest BCUT2D eigenvalue weighted by molar-refractivity contribution is -0.243. The summed E-state index contributed by atoms with van der Waals surface area (Å²) in [4.78, 5) is 13.8. The van der Waals surface area contributed by atoms with Crippen molar-refractivity contribution in [1.82, 2.24) is 0 Å². The highest BCUT2D eigenvalue weighted by molar-refractivity contribution is 5.74. The van der Waals surface area contributed by atoms with E-state index >= 15 is 0 Å². The van der Waals surface area contributed by atoms with Crippen LogP contribution in [0.1, 0.15) is 46.1 Å². The van der Waals surface area contributed by atoms with Gasteiger partial charge in [0, 0.05) is 0 Å². The molecule has 3 nitrogen and oxygen atoms in total. The molecule has 0 saturated heterocycles. The van der Waals surface area contributed by atoms with Crippen molar-refractivity contribution in [3.8, 4) is 0 Å². The predicted octanol–water partition coefficient (Wildman–Crippen LogP) is 3.86. The zero-order valence-electron chi connectivity index (χ0n) is 11.2. The van der Waals surface area contributed by atoms with Crippen molar-refractivity contribution < 1.29 is 14.9 Å². The summed E-state index contributed by atoms with van der Waals surface area (Å²) in [6.07, 6.45) is 0. The fourth-order valence-corrected chi connectivity index (χ4v) is 0.975. The molecule has 1 aromatic carbocycles. The van der Waals surface area contributed by atoms with Crippen molar-refractivity contribution >= 4 is 5.97 Å². The van der Waals surface area contributed by atoms with Crippen LogP contribution in [0.5, 0.6) is 0 Å². The van der Waals surface area contributed by atoms with Gasteiger partial charge >= 0.3 is 5.97 Å². The molecule has 0 fully saturated rings. The third kappa shape index (κ3) is 6.74. The molecule has 96 valence electrons. The van der Waals surface area contributed by atoms with E-state index < -0.39 is 11.4 Å². The SMILES string of the molecule is CC(C)(C)C(=O)OO.CC(C)c1ccccc1. The molecule has 0 radical (unpaired) electrons. The highest BCUT2D eigenvalue weighted by atomic mass is 17.1. The Balaban J connectivity index is 0.000000304. The molecule has 1 N–H and O–H groups in total. The molecule has 0 aliphatic carbocycles. The van der Waals surface area contributed by atoms with E-state index in [9.17, 15) is 4.79 Å². The third-order valence-corrected chi connectivity index (χ3v) is 2.16. The summed E-state index contributed by atoms with van der Waals surface area (Å²) in [5, 5.41) is 7.82. The monoisotopic (exact) mass is 238 g/mol. The summed E-state index contributed by atoms with van der Waals surface area (Å²) in [6.45, 7) is 9.38. The van der Waals surface area contributed by atoms with E-state index in [1.165, 1.54) is 5.56 Å². The number of hydrogen-bond donors (Lipinski definition) is 1. The first-order chi connectivity index (χ1) is 7.79. The lowest BCUT2D eigenvalue weighted by Gasteiger charge is -2.11.